The molecule has 2 heterocycles. The molecule has 0 saturated heterocycles. The number of nitrogens with zero attached hydrogens (tertiary/aromatic N) is 2. The molecule has 86 valence electrons. The van der Waals surface area contributed by atoms with Crippen LogP contribution in [0, 0.1) is 0 Å². The minimum Gasteiger partial charge on any atom is -0.348 e. The summed E-state index contributed by atoms with van der Waals surface area (Å²) < 4.78 is 0. The van der Waals surface area contributed by atoms with Crippen LogP contribution in [0.4, 0.5) is 0 Å². The van der Waals surface area contributed by atoms with Crippen LogP contribution in [0.2, 0.25) is 5.15 Å². The van der Waals surface area contributed by atoms with Gasteiger partial charge in [0, 0.05) is 25.1 Å². The molecule has 4 nitrogen and oxygen atoms in total. The van der Waals surface area contributed by atoms with Gasteiger partial charge in [-0.15, -0.1) is 0 Å². The predicted molar refractivity (Wildman–Crippen MR) is 64.7 cm³/mol. The topological polar surface area (TPSA) is 54.9 Å². The molecule has 2 rings (SSSR count). The highest BCUT2D eigenvalue weighted by Crippen LogP contribution is 2.11. The Kier molecular flexibility index (Phi) is 3.67. The maximum Gasteiger partial charge on any atom is 0.254 e. The van der Waals surface area contributed by atoms with Crippen molar-refractivity contribution in [1.82, 2.24) is 15.3 Å². The van der Waals surface area contributed by atoms with Crippen molar-refractivity contribution < 1.29 is 4.79 Å². The zero-order chi connectivity index (χ0) is 12.1. The minimum atomic E-state index is -0.236. The first-order valence-corrected chi connectivity index (χ1v) is 5.43. The molecule has 0 unspecified atom stereocenters. The molecule has 0 radical (unpaired) electrons. The first kappa shape index (κ1) is 11.5. The number of halogens is 1. The number of amides is 1. The summed E-state index contributed by atoms with van der Waals surface area (Å²) in [6.07, 6.45) is 4.90. The molecule has 2 aromatic heterocycles. The molecule has 1 amide bonds. The normalized spacial score (nSPS) is 9.94. The van der Waals surface area contributed by atoms with E-state index in [1.165, 1.54) is 0 Å². The average Bonchev–Trinajstić information content (AvgIpc) is 2.38. The molecule has 1 N–H and O–H groups in total. The molecule has 0 spiro atoms. The van der Waals surface area contributed by atoms with Crippen LogP contribution >= 0.6 is 11.6 Å². The van der Waals surface area contributed by atoms with Crippen molar-refractivity contribution in [1.29, 1.82) is 0 Å². The van der Waals surface area contributed by atoms with Crippen molar-refractivity contribution in [3.8, 4) is 0 Å². The van der Waals surface area contributed by atoms with Crippen LogP contribution < -0.4 is 5.32 Å². The molecule has 0 aromatic carbocycles. The third kappa shape index (κ3) is 3.01. The molecule has 0 saturated carbocycles. The van der Waals surface area contributed by atoms with E-state index in [4.69, 9.17) is 11.6 Å². The second-order valence-corrected chi connectivity index (χ2v) is 3.74. The van der Waals surface area contributed by atoms with E-state index in [1.54, 1.807) is 30.7 Å². The summed E-state index contributed by atoms with van der Waals surface area (Å²) in [6.45, 7) is 0.437. The SMILES string of the molecule is O=C(NCc1ccncc1)c1cccnc1Cl. The number of hydrogen-bond acceptors (Lipinski definition) is 3. The number of rotatable bonds is 3. The Balaban J connectivity index is 2.01. The number of nitrogens with one attached hydrogen (secondary N) is 1. The Morgan fingerprint density at radius 2 is 2.00 bits per heavy atom. The highest BCUT2D eigenvalue weighted by molar-refractivity contribution is 6.32. The van der Waals surface area contributed by atoms with Gasteiger partial charge >= 0.3 is 0 Å². The van der Waals surface area contributed by atoms with Crippen molar-refractivity contribution in [2.75, 3.05) is 0 Å². The summed E-state index contributed by atoms with van der Waals surface area (Å²) in [4.78, 5) is 19.5. The van der Waals surface area contributed by atoms with Crippen LogP contribution in [-0.4, -0.2) is 15.9 Å². The third-order valence-corrected chi connectivity index (χ3v) is 2.51. The first-order chi connectivity index (χ1) is 8.27. The van der Waals surface area contributed by atoms with Crippen LogP contribution in [0.15, 0.2) is 42.9 Å². The molecule has 0 aliphatic carbocycles. The van der Waals surface area contributed by atoms with Gasteiger partial charge in [0.1, 0.15) is 5.15 Å². The van der Waals surface area contributed by atoms with E-state index in [-0.39, 0.29) is 11.1 Å². The molecular weight excluding hydrogens is 238 g/mol. The number of aromatic nitrogens is 2. The van der Waals surface area contributed by atoms with Gasteiger partial charge in [0.25, 0.3) is 5.91 Å². The maximum absolute atomic E-state index is 11.8. The van der Waals surface area contributed by atoms with Gasteiger partial charge in [0.15, 0.2) is 0 Å². The molecule has 0 atom stereocenters. The molecule has 0 aliphatic rings. The van der Waals surface area contributed by atoms with Crippen LogP contribution in [0.3, 0.4) is 0 Å². The van der Waals surface area contributed by atoms with Crippen LogP contribution in [0.25, 0.3) is 0 Å². The van der Waals surface area contributed by atoms with Crippen LogP contribution in [-0.2, 0) is 6.54 Å². The number of carbonyl (C=O) groups is 1. The predicted octanol–water partition coefficient (Wildman–Crippen LogP) is 2.06. The average molecular weight is 248 g/mol. The van der Waals surface area contributed by atoms with Crippen molar-refractivity contribution in [2.24, 2.45) is 0 Å². The zero-order valence-corrected chi connectivity index (χ0v) is 9.69. The van der Waals surface area contributed by atoms with Crippen molar-refractivity contribution in [2.45, 2.75) is 6.54 Å². The van der Waals surface area contributed by atoms with E-state index in [0.29, 0.717) is 12.1 Å². The summed E-state index contributed by atoms with van der Waals surface area (Å²) in [5, 5.41) is 2.97. The fourth-order valence-corrected chi connectivity index (χ4v) is 1.54. The second-order valence-electron chi connectivity index (χ2n) is 3.38. The maximum atomic E-state index is 11.8. The molecule has 5 heteroatoms. The van der Waals surface area contributed by atoms with Crippen LogP contribution in [0.1, 0.15) is 15.9 Å². The fraction of sp³-hybridized carbons (Fsp3) is 0.0833. The minimum absolute atomic E-state index is 0.208. The number of pyridine rings is 2. The first-order valence-electron chi connectivity index (χ1n) is 5.05. The molecule has 17 heavy (non-hydrogen) atoms. The Hall–Kier alpha value is -1.94. The lowest BCUT2D eigenvalue weighted by Crippen LogP contribution is -2.23. The fourth-order valence-electron chi connectivity index (χ4n) is 1.33. The van der Waals surface area contributed by atoms with Crippen LogP contribution in [0.5, 0.6) is 0 Å². The highest BCUT2D eigenvalue weighted by Gasteiger charge is 2.09. The Morgan fingerprint density at radius 1 is 1.24 bits per heavy atom. The summed E-state index contributed by atoms with van der Waals surface area (Å²) >= 11 is 5.82. The van der Waals surface area contributed by atoms with Gasteiger partial charge < -0.3 is 5.32 Å². The second kappa shape index (κ2) is 5.41. The Morgan fingerprint density at radius 3 is 2.71 bits per heavy atom. The lowest BCUT2D eigenvalue weighted by Gasteiger charge is -2.05. The standard InChI is InChI=1S/C12H10ClN3O/c13-11-10(2-1-5-15-11)12(17)16-8-9-3-6-14-7-4-9/h1-7H,8H2,(H,16,17). The smallest absolute Gasteiger partial charge is 0.254 e. The van der Waals surface area contributed by atoms with Crippen molar-refractivity contribution >= 4 is 17.5 Å². The summed E-state index contributed by atoms with van der Waals surface area (Å²) in [5.41, 5.74) is 1.36. The zero-order valence-electron chi connectivity index (χ0n) is 8.93. The van der Waals surface area contributed by atoms with Gasteiger partial charge in [0.2, 0.25) is 0 Å². The van der Waals surface area contributed by atoms with Gasteiger partial charge in [-0.25, -0.2) is 4.98 Å². The van der Waals surface area contributed by atoms with Gasteiger partial charge in [-0.3, -0.25) is 9.78 Å². The van der Waals surface area contributed by atoms with Gasteiger partial charge in [-0.1, -0.05) is 11.6 Å². The number of carbonyl (C=O) groups excluding carboxylic acids is 1. The van der Waals surface area contributed by atoms with Gasteiger partial charge in [-0.05, 0) is 29.8 Å². The Bertz CT molecular complexity index is 516. The van der Waals surface area contributed by atoms with Gasteiger partial charge in [-0.2, -0.15) is 0 Å². The van der Waals surface area contributed by atoms with Crippen molar-refractivity contribution in [3.63, 3.8) is 0 Å². The molecule has 0 fully saturated rings. The van der Waals surface area contributed by atoms with E-state index < -0.39 is 0 Å². The largest absolute Gasteiger partial charge is 0.348 e. The van der Waals surface area contributed by atoms with E-state index >= 15 is 0 Å². The quantitative estimate of drug-likeness (QED) is 0.845. The van der Waals surface area contributed by atoms with Crippen molar-refractivity contribution in [3.05, 3.63) is 59.1 Å². The lowest BCUT2D eigenvalue weighted by atomic mass is 10.2. The summed E-state index contributed by atoms with van der Waals surface area (Å²) in [7, 11) is 0. The highest BCUT2D eigenvalue weighted by atomic mass is 35.5. The molecule has 0 bridgehead atoms. The summed E-state index contributed by atoms with van der Waals surface area (Å²) in [5.74, 6) is -0.236. The molecule has 0 aliphatic heterocycles. The van der Waals surface area contributed by atoms with E-state index in [2.05, 4.69) is 15.3 Å². The molecular formula is C12H10ClN3O. The number of hydrogen-bond donors (Lipinski definition) is 1. The van der Waals surface area contributed by atoms with E-state index in [0.717, 1.165) is 5.56 Å². The van der Waals surface area contributed by atoms with E-state index in [1.807, 2.05) is 12.1 Å². The Labute approximate surface area is 104 Å². The molecule has 2 aromatic rings. The van der Waals surface area contributed by atoms with Gasteiger partial charge in [0.05, 0.1) is 5.56 Å². The summed E-state index contributed by atoms with van der Waals surface area (Å²) in [6, 6.07) is 6.99. The lowest BCUT2D eigenvalue weighted by molar-refractivity contribution is 0.0950. The monoisotopic (exact) mass is 247 g/mol. The van der Waals surface area contributed by atoms with E-state index in [9.17, 15) is 4.79 Å². The third-order valence-electron chi connectivity index (χ3n) is 2.21.